The average molecular weight is 280 g/mol. The summed E-state index contributed by atoms with van der Waals surface area (Å²) in [5.41, 5.74) is 1.78. The van der Waals surface area contributed by atoms with Crippen LogP contribution < -0.4 is 4.57 Å². The molecule has 3 aromatic rings. The predicted molar refractivity (Wildman–Crippen MR) is 82.2 cm³/mol. The molecule has 0 aliphatic heterocycles. The van der Waals surface area contributed by atoms with Crippen LogP contribution in [-0.2, 0) is 6.54 Å². The van der Waals surface area contributed by atoms with E-state index in [1.807, 2.05) is 71.4 Å². The van der Waals surface area contributed by atoms with Crippen molar-refractivity contribution in [3.63, 3.8) is 0 Å². The molecule has 0 radical (unpaired) electrons. The van der Waals surface area contributed by atoms with Crippen LogP contribution in [-0.4, -0.2) is 5.78 Å². The van der Waals surface area contributed by atoms with Crippen molar-refractivity contribution in [1.82, 2.24) is 0 Å². The van der Waals surface area contributed by atoms with Gasteiger partial charge in [0.05, 0.1) is 0 Å². The molecule has 0 amide bonds. The van der Waals surface area contributed by atoms with Crippen molar-refractivity contribution in [2.45, 2.75) is 11.4 Å². The molecule has 0 atom stereocenters. The van der Waals surface area contributed by atoms with Crippen LogP contribution in [0.15, 0.2) is 71.8 Å². The predicted octanol–water partition coefficient (Wildman–Crippen LogP) is 3.30. The summed E-state index contributed by atoms with van der Waals surface area (Å²) in [5.74, 6) is 0.109. The summed E-state index contributed by atoms with van der Waals surface area (Å²) >= 11 is 4.35. The Kier molecular flexibility index (Phi) is 3.52. The molecule has 2 nitrogen and oxygen atoms in total. The van der Waals surface area contributed by atoms with Crippen molar-refractivity contribution in [2.24, 2.45) is 0 Å². The molecule has 0 N–H and O–H groups in total. The maximum absolute atomic E-state index is 12.3. The molecule has 0 spiro atoms. The number of fused-ring (bicyclic) bond motifs is 1. The standard InChI is InChI=1S/C17H13NOS/c19-17(13-5-2-1-3-6-13)12-18-10-4-7-14-11-15(20)8-9-16(14)18/h1-11H,12H2/p+1. The molecule has 1 heterocycles. The quantitative estimate of drug-likeness (QED) is 0.443. The molecule has 20 heavy (non-hydrogen) atoms. The van der Waals surface area contributed by atoms with Crippen LogP contribution in [0.4, 0.5) is 0 Å². The van der Waals surface area contributed by atoms with Gasteiger partial charge in [-0.25, -0.2) is 0 Å². The highest BCUT2D eigenvalue weighted by molar-refractivity contribution is 7.80. The smallest absolute Gasteiger partial charge is 0.227 e. The third kappa shape index (κ3) is 2.58. The molecule has 0 aliphatic rings. The van der Waals surface area contributed by atoms with Gasteiger partial charge in [-0.3, -0.25) is 4.79 Å². The second-order valence-corrected chi connectivity index (χ2v) is 5.18. The number of hydrogen-bond acceptors (Lipinski definition) is 2. The van der Waals surface area contributed by atoms with Crippen LogP contribution in [0.5, 0.6) is 0 Å². The van der Waals surface area contributed by atoms with Crippen LogP contribution in [0.25, 0.3) is 10.9 Å². The van der Waals surface area contributed by atoms with Gasteiger partial charge in [-0.15, -0.1) is 12.6 Å². The molecule has 2 aromatic carbocycles. The van der Waals surface area contributed by atoms with E-state index in [1.165, 1.54) is 0 Å². The Morgan fingerprint density at radius 2 is 1.80 bits per heavy atom. The van der Waals surface area contributed by atoms with Crippen molar-refractivity contribution in [3.8, 4) is 0 Å². The van der Waals surface area contributed by atoms with Crippen molar-refractivity contribution >= 4 is 29.3 Å². The van der Waals surface area contributed by atoms with Gasteiger partial charge in [0.1, 0.15) is 0 Å². The van der Waals surface area contributed by atoms with Crippen molar-refractivity contribution in [2.75, 3.05) is 0 Å². The minimum atomic E-state index is 0.109. The summed E-state index contributed by atoms with van der Waals surface area (Å²) < 4.78 is 1.97. The van der Waals surface area contributed by atoms with E-state index in [9.17, 15) is 4.79 Å². The zero-order chi connectivity index (χ0) is 13.9. The molecule has 3 heteroatoms. The monoisotopic (exact) mass is 280 g/mol. The zero-order valence-electron chi connectivity index (χ0n) is 10.9. The van der Waals surface area contributed by atoms with Crippen LogP contribution in [0.2, 0.25) is 0 Å². The lowest BCUT2D eigenvalue weighted by molar-refractivity contribution is -0.657. The van der Waals surface area contributed by atoms with Gasteiger partial charge in [0.2, 0.25) is 17.8 Å². The van der Waals surface area contributed by atoms with E-state index < -0.39 is 0 Å². The van der Waals surface area contributed by atoms with E-state index in [1.54, 1.807) is 0 Å². The maximum Gasteiger partial charge on any atom is 0.227 e. The Bertz CT molecular complexity index is 768. The number of carbonyl (C=O) groups is 1. The van der Waals surface area contributed by atoms with Gasteiger partial charge in [0, 0.05) is 28.0 Å². The maximum atomic E-state index is 12.3. The fourth-order valence-electron chi connectivity index (χ4n) is 2.28. The average Bonchev–Trinajstić information content (AvgIpc) is 2.48. The van der Waals surface area contributed by atoms with E-state index in [0.29, 0.717) is 6.54 Å². The van der Waals surface area contributed by atoms with Gasteiger partial charge in [-0.2, -0.15) is 4.57 Å². The van der Waals surface area contributed by atoms with Gasteiger partial charge in [0.25, 0.3) is 0 Å². The Morgan fingerprint density at radius 1 is 1.00 bits per heavy atom. The molecule has 0 saturated carbocycles. The number of aromatic nitrogens is 1. The highest BCUT2D eigenvalue weighted by Gasteiger charge is 2.14. The summed E-state index contributed by atoms with van der Waals surface area (Å²) in [5, 5.41) is 1.08. The summed E-state index contributed by atoms with van der Waals surface area (Å²) in [6, 6.07) is 19.3. The fourth-order valence-corrected chi connectivity index (χ4v) is 2.49. The van der Waals surface area contributed by atoms with E-state index in [4.69, 9.17) is 0 Å². The number of thiol groups is 1. The number of carbonyl (C=O) groups excluding carboxylic acids is 1. The summed E-state index contributed by atoms with van der Waals surface area (Å²) in [6.45, 7) is 0.341. The molecular weight excluding hydrogens is 266 g/mol. The lowest BCUT2D eigenvalue weighted by atomic mass is 10.1. The lowest BCUT2D eigenvalue weighted by Crippen LogP contribution is -2.38. The topological polar surface area (TPSA) is 20.9 Å². The number of rotatable bonds is 3. The first-order valence-electron chi connectivity index (χ1n) is 6.43. The normalized spacial score (nSPS) is 10.7. The number of benzene rings is 2. The number of Topliss-reactive ketones (excluding diaryl/α,β-unsaturated/α-hetero) is 1. The largest absolute Gasteiger partial charge is 0.287 e. The highest BCUT2D eigenvalue weighted by Crippen LogP contribution is 2.15. The molecule has 0 aliphatic carbocycles. The Hall–Kier alpha value is -2.13. The zero-order valence-corrected chi connectivity index (χ0v) is 11.8. The van der Waals surface area contributed by atoms with Crippen molar-refractivity contribution in [3.05, 3.63) is 72.4 Å². The van der Waals surface area contributed by atoms with Gasteiger partial charge in [-0.1, -0.05) is 30.3 Å². The third-order valence-electron chi connectivity index (χ3n) is 3.27. The SMILES string of the molecule is O=C(C[n+]1cccc2cc(S)ccc21)c1ccccc1. The molecule has 1 aromatic heterocycles. The van der Waals surface area contributed by atoms with E-state index in [-0.39, 0.29) is 5.78 Å². The van der Waals surface area contributed by atoms with Crippen LogP contribution in [0.3, 0.4) is 0 Å². The molecule has 0 unspecified atom stereocenters. The Balaban J connectivity index is 1.97. The fraction of sp³-hybridized carbons (Fsp3) is 0.0588. The number of hydrogen-bond donors (Lipinski definition) is 1. The summed E-state index contributed by atoms with van der Waals surface area (Å²) in [7, 11) is 0. The van der Waals surface area contributed by atoms with E-state index >= 15 is 0 Å². The van der Waals surface area contributed by atoms with E-state index in [0.717, 1.165) is 21.4 Å². The van der Waals surface area contributed by atoms with Crippen molar-refractivity contribution < 1.29 is 9.36 Å². The van der Waals surface area contributed by atoms with Gasteiger partial charge >= 0.3 is 0 Å². The van der Waals surface area contributed by atoms with Crippen molar-refractivity contribution in [1.29, 1.82) is 0 Å². The molecule has 0 bridgehead atoms. The molecule has 0 fully saturated rings. The number of nitrogens with zero attached hydrogens (tertiary/aromatic N) is 1. The molecule has 98 valence electrons. The number of pyridine rings is 1. The van der Waals surface area contributed by atoms with Gasteiger partial charge in [-0.05, 0) is 18.2 Å². The highest BCUT2D eigenvalue weighted by atomic mass is 32.1. The first-order valence-corrected chi connectivity index (χ1v) is 6.88. The third-order valence-corrected chi connectivity index (χ3v) is 3.55. The minimum Gasteiger partial charge on any atom is -0.287 e. The molecular formula is C17H14NOS+. The van der Waals surface area contributed by atoms with Gasteiger partial charge < -0.3 is 0 Å². The molecule has 3 rings (SSSR count). The minimum absolute atomic E-state index is 0.109. The second-order valence-electron chi connectivity index (χ2n) is 4.67. The van der Waals surface area contributed by atoms with Crippen LogP contribution in [0.1, 0.15) is 10.4 Å². The first-order chi connectivity index (χ1) is 9.74. The van der Waals surface area contributed by atoms with Gasteiger partial charge in [0.15, 0.2) is 6.20 Å². The number of ketones is 1. The summed E-state index contributed by atoms with van der Waals surface area (Å²) in [4.78, 5) is 13.2. The Labute approximate surface area is 123 Å². The van der Waals surface area contributed by atoms with Crippen LogP contribution in [0, 0.1) is 0 Å². The first kappa shape index (κ1) is 12.9. The summed E-state index contributed by atoms with van der Waals surface area (Å²) in [6.07, 6.45) is 1.93. The second kappa shape index (κ2) is 5.47. The van der Waals surface area contributed by atoms with Crippen LogP contribution >= 0.6 is 12.6 Å². The van der Waals surface area contributed by atoms with E-state index in [2.05, 4.69) is 12.6 Å². The Morgan fingerprint density at radius 3 is 2.60 bits per heavy atom. The lowest BCUT2D eigenvalue weighted by Gasteiger charge is -2.02. The molecule has 0 saturated heterocycles.